The molecule has 0 heterocycles. The van der Waals surface area contributed by atoms with Gasteiger partial charge in [-0.3, -0.25) is 0 Å². The van der Waals surface area contributed by atoms with Gasteiger partial charge in [-0.15, -0.1) is 34.5 Å². The van der Waals surface area contributed by atoms with E-state index in [4.69, 9.17) is 17.0 Å². The van der Waals surface area contributed by atoms with Crippen molar-refractivity contribution < 1.29 is 20.8 Å². The van der Waals surface area contributed by atoms with Crippen LogP contribution in [0, 0.1) is 0 Å². The molecular weight excluding hydrogens is 450 g/mol. The predicted octanol–water partition coefficient (Wildman–Crippen LogP) is 8.59. The predicted molar refractivity (Wildman–Crippen MR) is 119 cm³/mol. The molecular formula is C24H29Cl2Zr-. The Balaban J connectivity index is 0.000000817. The summed E-state index contributed by atoms with van der Waals surface area (Å²) in [5.74, 6) is 0.518. The van der Waals surface area contributed by atoms with E-state index >= 15 is 0 Å². The van der Waals surface area contributed by atoms with Crippen molar-refractivity contribution in [2.24, 2.45) is 0 Å². The average molecular weight is 480 g/mol. The molecule has 0 spiro atoms. The molecule has 144 valence electrons. The third-order valence-electron chi connectivity index (χ3n) is 5.02. The Kier molecular flexibility index (Phi) is 8.29. The van der Waals surface area contributed by atoms with Gasteiger partial charge in [0.05, 0.1) is 0 Å². The molecule has 0 nitrogen and oxygen atoms in total. The van der Waals surface area contributed by atoms with Crippen LogP contribution in [0.2, 0.25) is 0 Å². The molecule has 0 bridgehead atoms. The Hall–Kier alpha value is -0.487. The topological polar surface area (TPSA) is 0 Å². The second-order valence-corrected chi connectivity index (χ2v) is 12.0. The molecule has 0 amide bonds. The molecule has 0 aliphatic carbocycles. The summed E-state index contributed by atoms with van der Waals surface area (Å²) in [7, 11) is 9.87. The van der Waals surface area contributed by atoms with Crippen molar-refractivity contribution in [2.45, 2.75) is 59.3 Å². The van der Waals surface area contributed by atoms with Crippen molar-refractivity contribution in [2.75, 3.05) is 0 Å². The van der Waals surface area contributed by atoms with Gasteiger partial charge in [-0.1, -0.05) is 76.9 Å². The average Bonchev–Trinajstić information content (AvgIpc) is 3.04. The molecule has 3 aromatic carbocycles. The Bertz CT molecular complexity index is 885. The van der Waals surface area contributed by atoms with Gasteiger partial charge in [0.2, 0.25) is 0 Å². The van der Waals surface area contributed by atoms with E-state index in [1.807, 2.05) is 0 Å². The molecule has 0 fully saturated rings. The molecule has 0 saturated heterocycles. The normalized spacial score (nSPS) is 11.4. The van der Waals surface area contributed by atoms with Gasteiger partial charge in [-0.25, -0.2) is 0 Å². The first kappa shape index (κ1) is 22.8. The van der Waals surface area contributed by atoms with Crippen LogP contribution in [-0.4, -0.2) is 0 Å². The number of halogens is 2. The van der Waals surface area contributed by atoms with Crippen LogP contribution in [0.3, 0.4) is 0 Å². The molecule has 3 heteroatoms. The van der Waals surface area contributed by atoms with Crippen molar-refractivity contribution >= 4 is 27.8 Å². The zero-order valence-electron chi connectivity index (χ0n) is 17.2. The Morgan fingerprint density at radius 2 is 1.67 bits per heavy atom. The Morgan fingerprint density at radius 1 is 1.04 bits per heavy atom. The van der Waals surface area contributed by atoms with E-state index in [-0.39, 0.29) is 5.41 Å². The van der Waals surface area contributed by atoms with Gasteiger partial charge in [0.25, 0.3) is 0 Å². The summed E-state index contributed by atoms with van der Waals surface area (Å²) in [5, 5.41) is 2.78. The van der Waals surface area contributed by atoms with Crippen molar-refractivity contribution in [3.8, 4) is 11.1 Å². The zero-order valence-corrected chi connectivity index (χ0v) is 21.1. The fourth-order valence-electron chi connectivity index (χ4n) is 3.69. The van der Waals surface area contributed by atoms with Crippen LogP contribution in [0.15, 0.2) is 48.5 Å². The molecule has 0 aliphatic heterocycles. The van der Waals surface area contributed by atoms with Crippen molar-refractivity contribution in [1.82, 2.24) is 0 Å². The van der Waals surface area contributed by atoms with Crippen LogP contribution in [0.5, 0.6) is 0 Å². The van der Waals surface area contributed by atoms with E-state index in [0.717, 1.165) is 6.42 Å². The molecule has 0 unspecified atom stereocenters. The fourth-order valence-corrected chi connectivity index (χ4v) is 3.69. The maximum atomic E-state index is 4.93. The number of benzene rings is 2. The fraction of sp³-hybridized carbons (Fsp3) is 0.375. The van der Waals surface area contributed by atoms with Gasteiger partial charge in [0, 0.05) is 0 Å². The van der Waals surface area contributed by atoms with Crippen LogP contribution >= 0.6 is 17.0 Å². The second-order valence-electron chi connectivity index (χ2n) is 8.27. The van der Waals surface area contributed by atoms with Crippen molar-refractivity contribution in [3.05, 3.63) is 65.2 Å². The Labute approximate surface area is 183 Å². The molecule has 27 heavy (non-hydrogen) atoms. The number of rotatable bonds is 3. The van der Waals surface area contributed by atoms with Crippen LogP contribution < -0.4 is 0 Å². The van der Waals surface area contributed by atoms with E-state index in [1.54, 1.807) is 0 Å². The number of hydrogen-bond acceptors (Lipinski definition) is 0. The molecule has 0 aliphatic rings. The molecule has 3 rings (SSSR count). The van der Waals surface area contributed by atoms with Crippen LogP contribution in [0.1, 0.15) is 64.2 Å². The van der Waals surface area contributed by atoms with E-state index in [0.29, 0.717) is 5.92 Å². The quantitative estimate of drug-likeness (QED) is 0.330. The SMILES string of the molecule is CCc1cc2c(-c3ccccc3C(C)C)c(C(C)(C)C)ccc2[cH-]1.[Cl][Zr][Cl]. The monoisotopic (exact) mass is 477 g/mol. The third-order valence-corrected chi connectivity index (χ3v) is 5.02. The summed E-state index contributed by atoms with van der Waals surface area (Å²) in [6.45, 7) is 13.8. The third kappa shape index (κ3) is 5.32. The van der Waals surface area contributed by atoms with E-state index in [1.165, 1.54) is 38.6 Å². The van der Waals surface area contributed by atoms with Gasteiger partial charge in [-0.05, 0) is 28.9 Å². The van der Waals surface area contributed by atoms with Gasteiger partial charge in [-0.2, -0.15) is 6.07 Å². The van der Waals surface area contributed by atoms with E-state index in [2.05, 4.69) is 90.1 Å². The molecule has 3 aromatic rings. The summed E-state index contributed by atoms with van der Waals surface area (Å²) in [4.78, 5) is 0. The minimum absolute atomic E-state index is 0.122. The summed E-state index contributed by atoms with van der Waals surface area (Å²) in [6, 6.07) is 18.3. The molecule has 0 aromatic heterocycles. The molecule has 0 atom stereocenters. The van der Waals surface area contributed by atoms with Gasteiger partial charge >= 0.3 is 37.9 Å². The molecule has 0 N–H and O–H groups in total. The van der Waals surface area contributed by atoms with E-state index in [9.17, 15) is 0 Å². The summed E-state index contributed by atoms with van der Waals surface area (Å²) in [6.07, 6.45) is 1.09. The van der Waals surface area contributed by atoms with Crippen LogP contribution in [-0.2, 0) is 32.7 Å². The Morgan fingerprint density at radius 3 is 2.22 bits per heavy atom. The number of fused-ring (bicyclic) bond motifs is 1. The standard InChI is InChI=1S/C24H29.2ClH.Zr/c1-7-17-14-18-12-13-22(24(4,5)6)23(21(18)15-17)20-11-9-8-10-19(20)16(2)3;;;/h8-16H,7H2,1-6H3;2*1H;/q-1;;;+2/p-2. The summed E-state index contributed by atoms with van der Waals surface area (Å²) < 4.78 is 0. The van der Waals surface area contributed by atoms with Gasteiger partial charge in [0.15, 0.2) is 0 Å². The van der Waals surface area contributed by atoms with Crippen LogP contribution in [0.25, 0.3) is 21.9 Å². The minimum atomic E-state index is -0.826. The van der Waals surface area contributed by atoms with Gasteiger partial charge < -0.3 is 0 Å². The molecule has 0 radical (unpaired) electrons. The van der Waals surface area contributed by atoms with Crippen molar-refractivity contribution in [1.29, 1.82) is 0 Å². The maximum absolute atomic E-state index is 4.93. The molecule has 0 saturated carbocycles. The first-order valence-electron chi connectivity index (χ1n) is 9.52. The van der Waals surface area contributed by atoms with Crippen molar-refractivity contribution in [3.63, 3.8) is 0 Å². The summed E-state index contributed by atoms with van der Waals surface area (Å²) in [5.41, 5.74) is 7.27. The van der Waals surface area contributed by atoms with Gasteiger partial charge in [0.1, 0.15) is 0 Å². The zero-order chi connectivity index (χ0) is 20.2. The first-order valence-corrected chi connectivity index (χ1v) is 15.9. The van der Waals surface area contributed by atoms with E-state index < -0.39 is 20.8 Å². The first-order chi connectivity index (χ1) is 12.7. The number of aryl methyl sites for hydroxylation is 1. The number of hydrogen-bond donors (Lipinski definition) is 0. The van der Waals surface area contributed by atoms with Crippen LogP contribution in [0.4, 0.5) is 0 Å². The summed E-state index contributed by atoms with van der Waals surface area (Å²) >= 11 is -0.826. The second kappa shape index (κ2) is 9.82.